The van der Waals surface area contributed by atoms with E-state index in [1.807, 2.05) is 11.4 Å². The molecule has 2 aliphatic rings. The topological polar surface area (TPSA) is 49.8 Å². The van der Waals surface area contributed by atoms with Gasteiger partial charge in [0.2, 0.25) is 0 Å². The SMILES string of the molecule is C[C@]1(O)N(CCc2cccs2)C(=O)OC12CCCCC2. The molecular formula is C15H21NO3S. The maximum atomic E-state index is 12.2. The number of nitrogens with zero attached hydrogens (tertiary/aromatic N) is 1. The average Bonchev–Trinajstić information content (AvgIpc) is 2.97. The van der Waals surface area contributed by atoms with Crippen molar-refractivity contribution in [3.8, 4) is 0 Å². The van der Waals surface area contributed by atoms with Crippen molar-refractivity contribution < 1.29 is 14.6 Å². The molecule has 20 heavy (non-hydrogen) atoms. The molecule has 0 radical (unpaired) electrons. The standard InChI is InChI=1S/C15H21NO3S/c1-14(18)15(8-3-2-4-9-15)19-13(17)16(14)10-7-12-6-5-11-20-12/h5-6,11,18H,2-4,7-10H2,1H3/t14-/m1/s1. The summed E-state index contributed by atoms with van der Waals surface area (Å²) in [6, 6.07) is 4.06. The monoisotopic (exact) mass is 295 g/mol. The second kappa shape index (κ2) is 5.04. The van der Waals surface area contributed by atoms with Crippen molar-refractivity contribution in [3.05, 3.63) is 22.4 Å². The number of thiophene rings is 1. The Morgan fingerprint density at radius 2 is 2.15 bits per heavy atom. The predicted molar refractivity (Wildman–Crippen MR) is 77.6 cm³/mol. The lowest BCUT2D eigenvalue weighted by Gasteiger charge is -2.42. The molecule has 0 unspecified atom stereocenters. The summed E-state index contributed by atoms with van der Waals surface area (Å²) in [5.41, 5.74) is -1.89. The molecule has 1 spiro atoms. The van der Waals surface area contributed by atoms with Crippen molar-refractivity contribution in [1.29, 1.82) is 0 Å². The van der Waals surface area contributed by atoms with Gasteiger partial charge in [-0.25, -0.2) is 4.79 Å². The summed E-state index contributed by atoms with van der Waals surface area (Å²) in [4.78, 5) is 14.9. The highest BCUT2D eigenvalue weighted by Gasteiger charge is 2.61. The van der Waals surface area contributed by atoms with Gasteiger partial charge in [0.15, 0.2) is 11.3 Å². The largest absolute Gasteiger partial charge is 0.438 e. The van der Waals surface area contributed by atoms with E-state index in [2.05, 4.69) is 6.07 Å². The van der Waals surface area contributed by atoms with E-state index in [-0.39, 0.29) is 6.09 Å². The third-order valence-electron chi connectivity index (χ3n) is 4.71. The molecule has 0 aromatic carbocycles. The van der Waals surface area contributed by atoms with E-state index in [0.717, 1.165) is 38.5 Å². The van der Waals surface area contributed by atoms with Crippen LogP contribution in [0.3, 0.4) is 0 Å². The van der Waals surface area contributed by atoms with Gasteiger partial charge in [0.05, 0.1) is 0 Å². The van der Waals surface area contributed by atoms with E-state index >= 15 is 0 Å². The quantitative estimate of drug-likeness (QED) is 0.932. The van der Waals surface area contributed by atoms with Crippen LogP contribution in [0.25, 0.3) is 0 Å². The molecule has 1 N–H and O–H groups in total. The Hall–Kier alpha value is -1.07. The molecule has 1 aliphatic carbocycles. The zero-order valence-electron chi connectivity index (χ0n) is 11.8. The van der Waals surface area contributed by atoms with Gasteiger partial charge in [-0.15, -0.1) is 11.3 Å². The molecule has 1 amide bonds. The van der Waals surface area contributed by atoms with Crippen LogP contribution in [0.4, 0.5) is 4.79 Å². The number of aliphatic hydroxyl groups is 1. The molecule has 1 aliphatic heterocycles. The van der Waals surface area contributed by atoms with E-state index in [4.69, 9.17) is 4.74 Å². The van der Waals surface area contributed by atoms with Crippen molar-refractivity contribution in [3.63, 3.8) is 0 Å². The van der Waals surface area contributed by atoms with Crippen LogP contribution in [0.1, 0.15) is 43.9 Å². The fourth-order valence-corrected chi connectivity index (χ4v) is 4.13. The van der Waals surface area contributed by atoms with Crippen molar-refractivity contribution >= 4 is 17.4 Å². The third kappa shape index (κ3) is 2.13. The summed E-state index contributed by atoms with van der Waals surface area (Å²) in [5, 5.41) is 12.9. The summed E-state index contributed by atoms with van der Waals surface area (Å²) >= 11 is 1.67. The number of carbonyl (C=O) groups excluding carboxylic acids is 1. The molecule has 1 aromatic rings. The van der Waals surface area contributed by atoms with Gasteiger partial charge in [-0.1, -0.05) is 12.5 Å². The van der Waals surface area contributed by atoms with E-state index in [1.165, 1.54) is 9.78 Å². The number of hydrogen-bond acceptors (Lipinski definition) is 4. The van der Waals surface area contributed by atoms with Crippen LogP contribution < -0.4 is 0 Å². The zero-order valence-corrected chi connectivity index (χ0v) is 12.6. The number of ether oxygens (including phenoxy) is 1. The van der Waals surface area contributed by atoms with Crippen molar-refractivity contribution in [2.45, 2.75) is 56.8 Å². The van der Waals surface area contributed by atoms with Gasteiger partial charge in [0.1, 0.15) is 0 Å². The van der Waals surface area contributed by atoms with Crippen LogP contribution in [0, 0.1) is 0 Å². The normalized spacial score (nSPS) is 28.9. The minimum Gasteiger partial charge on any atom is -0.438 e. The Morgan fingerprint density at radius 1 is 1.40 bits per heavy atom. The molecule has 4 nitrogen and oxygen atoms in total. The molecule has 0 bridgehead atoms. The highest BCUT2D eigenvalue weighted by molar-refractivity contribution is 7.09. The fraction of sp³-hybridized carbons (Fsp3) is 0.667. The molecule has 1 atom stereocenters. The summed E-state index contributed by atoms with van der Waals surface area (Å²) in [6.45, 7) is 2.24. The first-order valence-electron chi connectivity index (χ1n) is 7.31. The highest BCUT2D eigenvalue weighted by atomic mass is 32.1. The van der Waals surface area contributed by atoms with E-state index in [9.17, 15) is 9.90 Å². The lowest BCUT2D eigenvalue weighted by molar-refractivity contribution is -0.158. The van der Waals surface area contributed by atoms with Gasteiger partial charge in [-0.05, 0) is 50.5 Å². The molecular weight excluding hydrogens is 274 g/mol. The molecule has 2 heterocycles. The first-order chi connectivity index (χ1) is 9.55. The van der Waals surface area contributed by atoms with Gasteiger partial charge in [-0.2, -0.15) is 0 Å². The van der Waals surface area contributed by atoms with Crippen LogP contribution >= 0.6 is 11.3 Å². The van der Waals surface area contributed by atoms with Crippen LogP contribution in [0.2, 0.25) is 0 Å². The van der Waals surface area contributed by atoms with Crippen LogP contribution in [0.5, 0.6) is 0 Å². The Kier molecular flexibility index (Phi) is 3.50. The Balaban J connectivity index is 1.75. The third-order valence-corrected chi connectivity index (χ3v) is 5.65. The first kappa shape index (κ1) is 13.9. The lowest BCUT2D eigenvalue weighted by atomic mass is 9.77. The summed E-state index contributed by atoms with van der Waals surface area (Å²) in [6.07, 6.45) is 5.12. The first-order valence-corrected chi connectivity index (χ1v) is 8.18. The van der Waals surface area contributed by atoms with E-state index in [1.54, 1.807) is 18.3 Å². The van der Waals surface area contributed by atoms with E-state index in [0.29, 0.717) is 6.54 Å². The minimum absolute atomic E-state index is 0.367. The molecule has 1 saturated carbocycles. The molecule has 3 rings (SSSR count). The summed E-state index contributed by atoms with van der Waals surface area (Å²) < 4.78 is 5.63. The number of hydrogen-bond donors (Lipinski definition) is 1. The van der Waals surface area contributed by atoms with Gasteiger partial charge in [0.25, 0.3) is 0 Å². The average molecular weight is 295 g/mol. The van der Waals surface area contributed by atoms with Gasteiger partial charge in [-0.3, -0.25) is 4.90 Å². The van der Waals surface area contributed by atoms with Crippen LogP contribution in [-0.2, 0) is 11.2 Å². The van der Waals surface area contributed by atoms with Crippen molar-refractivity contribution in [1.82, 2.24) is 4.90 Å². The van der Waals surface area contributed by atoms with Crippen LogP contribution in [0.15, 0.2) is 17.5 Å². The Labute approximate surface area is 123 Å². The lowest BCUT2D eigenvalue weighted by Crippen LogP contribution is -2.57. The molecule has 1 aromatic heterocycles. The van der Waals surface area contributed by atoms with E-state index < -0.39 is 11.3 Å². The maximum absolute atomic E-state index is 12.2. The predicted octanol–water partition coefficient (Wildman–Crippen LogP) is 3.15. The Morgan fingerprint density at radius 3 is 2.80 bits per heavy atom. The van der Waals surface area contributed by atoms with Gasteiger partial charge >= 0.3 is 6.09 Å². The van der Waals surface area contributed by atoms with Crippen LogP contribution in [-0.4, -0.2) is 34.0 Å². The second-order valence-corrected chi connectivity index (χ2v) is 6.96. The summed E-state index contributed by atoms with van der Waals surface area (Å²) in [5.74, 6) is 0. The molecule has 5 heteroatoms. The highest BCUT2D eigenvalue weighted by Crippen LogP contribution is 2.46. The minimum atomic E-state index is -1.19. The van der Waals surface area contributed by atoms with Crippen molar-refractivity contribution in [2.24, 2.45) is 0 Å². The molecule has 1 saturated heterocycles. The fourth-order valence-electron chi connectivity index (χ4n) is 3.43. The number of amides is 1. The maximum Gasteiger partial charge on any atom is 0.412 e. The molecule has 110 valence electrons. The second-order valence-electron chi connectivity index (χ2n) is 5.92. The zero-order chi connectivity index (χ0) is 14.2. The Bertz CT molecular complexity index is 477. The molecule has 2 fully saturated rings. The van der Waals surface area contributed by atoms with Crippen molar-refractivity contribution in [2.75, 3.05) is 6.54 Å². The number of rotatable bonds is 3. The van der Waals surface area contributed by atoms with Gasteiger partial charge in [0, 0.05) is 11.4 Å². The van der Waals surface area contributed by atoms with Gasteiger partial charge < -0.3 is 9.84 Å². The smallest absolute Gasteiger partial charge is 0.412 e. The number of carbonyl (C=O) groups is 1. The summed E-state index contributed by atoms with van der Waals surface area (Å²) in [7, 11) is 0.